The molecular weight excluding hydrogens is 328 g/mol. The normalized spacial score (nSPS) is 20.5. The number of carbonyl (C=O) groups is 1. The number of nitrogens with one attached hydrogen (secondary N) is 1. The molecule has 1 aliphatic carbocycles. The van der Waals surface area contributed by atoms with Gasteiger partial charge in [-0.2, -0.15) is 0 Å². The Kier molecular flexibility index (Phi) is 7.33. The lowest BCUT2D eigenvalue weighted by molar-refractivity contribution is 0.0179. The van der Waals surface area contributed by atoms with Crippen LogP contribution in [0.3, 0.4) is 0 Å². The van der Waals surface area contributed by atoms with Crippen molar-refractivity contribution in [2.45, 2.75) is 77.6 Å². The molecule has 5 nitrogen and oxygen atoms in total. The highest BCUT2D eigenvalue weighted by Crippen LogP contribution is 2.25. The van der Waals surface area contributed by atoms with Gasteiger partial charge in [-0.05, 0) is 59.4 Å². The summed E-state index contributed by atoms with van der Waals surface area (Å²) in [5.74, 6) is 0.959. The van der Waals surface area contributed by atoms with Crippen LogP contribution in [0, 0.1) is 0 Å². The van der Waals surface area contributed by atoms with E-state index < -0.39 is 5.60 Å². The third-order valence-electron chi connectivity index (χ3n) is 4.78. The van der Waals surface area contributed by atoms with Crippen LogP contribution in [0.4, 0.5) is 4.79 Å². The van der Waals surface area contributed by atoms with Gasteiger partial charge in [0.1, 0.15) is 11.4 Å². The molecule has 146 valence electrons. The van der Waals surface area contributed by atoms with Gasteiger partial charge in [0.15, 0.2) is 0 Å². The van der Waals surface area contributed by atoms with E-state index in [0.717, 1.165) is 38.0 Å². The van der Waals surface area contributed by atoms with E-state index >= 15 is 0 Å². The number of hydrogen-bond acceptors (Lipinski definition) is 4. The summed E-state index contributed by atoms with van der Waals surface area (Å²) in [5, 5.41) is 3.65. The van der Waals surface area contributed by atoms with E-state index in [0.29, 0.717) is 12.6 Å². The monoisotopic (exact) mass is 362 g/mol. The van der Waals surface area contributed by atoms with Crippen molar-refractivity contribution in [1.82, 2.24) is 10.2 Å². The Bertz CT molecular complexity index is 575. The zero-order valence-electron chi connectivity index (χ0n) is 16.9. The number of ether oxygens (including phenoxy) is 2. The molecule has 1 saturated carbocycles. The second-order valence-corrected chi connectivity index (χ2v) is 8.02. The molecule has 0 aromatic heterocycles. The van der Waals surface area contributed by atoms with Gasteiger partial charge in [-0.3, -0.25) is 0 Å². The fourth-order valence-electron chi connectivity index (χ4n) is 3.35. The number of para-hydroxylation sites is 1. The molecule has 1 aromatic carbocycles. The maximum Gasteiger partial charge on any atom is 0.410 e. The number of carbonyl (C=O) groups excluding carboxylic acids is 1. The molecule has 26 heavy (non-hydrogen) atoms. The van der Waals surface area contributed by atoms with Crippen molar-refractivity contribution in [3.8, 4) is 5.75 Å². The summed E-state index contributed by atoms with van der Waals surface area (Å²) in [5.41, 5.74) is 0.750. The lowest BCUT2D eigenvalue weighted by atomic mass is 9.90. The van der Waals surface area contributed by atoms with Crippen LogP contribution in [0.5, 0.6) is 5.75 Å². The minimum atomic E-state index is -0.446. The van der Waals surface area contributed by atoms with Crippen LogP contribution >= 0.6 is 0 Å². The van der Waals surface area contributed by atoms with Crippen molar-refractivity contribution in [2.24, 2.45) is 0 Å². The van der Waals surface area contributed by atoms with E-state index in [2.05, 4.69) is 11.4 Å². The highest BCUT2D eigenvalue weighted by molar-refractivity contribution is 5.68. The number of nitrogens with zero attached hydrogens (tertiary/aromatic N) is 1. The van der Waals surface area contributed by atoms with Gasteiger partial charge in [-0.1, -0.05) is 18.2 Å². The number of rotatable bonds is 6. The molecule has 1 aliphatic rings. The maximum absolute atomic E-state index is 12.2. The van der Waals surface area contributed by atoms with Gasteiger partial charge in [0, 0.05) is 31.2 Å². The van der Waals surface area contributed by atoms with E-state index in [1.807, 2.05) is 52.9 Å². The summed E-state index contributed by atoms with van der Waals surface area (Å²) in [7, 11) is 1.85. The molecule has 0 spiro atoms. The minimum absolute atomic E-state index is 0.223. The topological polar surface area (TPSA) is 50.8 Å². The third-order valence-corrected chi connectivity index (χ3v) is 4.78. The van der Waals surface area contributed by atoms with E-state index in [9.17, 15) is 4.79 Å². The van der Waals surface area contributed by atoms with Crippen molar-refractivity contribution >= 4 is 6.09 Å². The summed E-state index contributed by atoms with van der Waals surface area (Å²) in [6, 6.07) is 8.93. The van der Waals surface area contributed by atoms with Gasteiger partial charge in [0.2, 0.25) is 0 Å². The lowest BCUT2D eigenvalue weighted by Gasteiger charge is -2.35. The summed E-state index contributed by atoms with van der Waals surface area (Å²) in [4.78, 5) is 14.0. The number of hydrogen-bond donors (Lipinski definition) is 1. The quantitative estimate of drug-likeness (QED) is 0.817. The molecule has 0 saturated heterocycles. The first-order valence-electron chi connectivity index (χ1n) is 9.70. The molecule has 0 bridgehead atoms. The lowest BCUT2D eigenvalue weighted by Crippen LogP contribution is -2.44. The summed E-state index contributed by atoms with van der Waals surface area (Å²) < 4.78 is 11.2. The van der Waals surface area contributed by atoms with Crippen molar-refractivity contribution in [3.05, 3.63) is 29.8 Å². The van der Waals surface area contributed by atoms with Gasteiger partial charge < -0.3 is 19.7 Å². The molecule has 0 heterocycles. The fourth-order valence-corrected chi connectivity index (χ4v) is 3.35. The van der Waals surface area contributed by atoms with Gasteiger partial charge in [-0.15, -0.1) is 0 Å². The first kappa shape index (κ1) is 20.6. The van der Waals surface area contributed by atoms with Crippen LogP contribution in [0.25, 0.3) is 0 Å². The SMILES string of the molecule is CCOc1ccccc1CNC1CCC(N(C)C(=O)OC(C)(C)C)CC1. The van der Waals surface area contributed by atoms with Gasteiger partial charge in [0.05, 0.1) is 6.61 Å². The predicted molar refractivity (Wildman–Crippen MR) is 104 cm³/mol. The molecule has 1 aromatic rings. The molecule has 0 aliphatic heterocycles. The average Bonchev–Trinajstić information content (AvgIpc) is 2.59. The Morgan fingerprint density at radius 2 is 1.85 bits per heavy atom. The minimum Gasteiger partial charge on any atom is -0.494 e. The van der Waals surface area contributed by atoms with Crippen LogP contribution in [0.15, 0.2) is 24.3 Å². The zero-order valence-corrected chi connectivity index (χ0v) is 16.9. The second-order valence-electron chi connectivity index (χ2n) is 8.02. The van der Waals surface area contributed by atoms with Crippen LogP contribution in [-0.2, 0) is 11.3 Å². The first-order valence-corrected chi connectivity index (χ1v) is 9.70. The van der Waals surface area contributed by atoms with Gasteiger partial charge >= 0.3 is 6.09 Å². The van der Waals surface area contributed by atoms with Crippen molar-refractivity contribution in [3.63, 3.8) is 0 Å². The van der Waals surface area contributed by atoms with Crippen LogP contribution in [-0.4, -0.2) is 42.3 Å². The van der Waals surface area contributed by atoms with Crippen molar-refractivity contribution in [1.29, 1.82) is 0 Å². The molecule has 1 N–H and O–H groups in total. The van der Waals surface area contributed by atoms with Crippen molar-refractivity contribution < 1.29 is 14.3 Å². The number of benzene rings is 1. The molecule has 2 rings (SSSR count). The third kappa shape index (κ3) is 6.20. The molecular formula is C21H34N2O3. The predicted octanol–water partition coefficient (Wildman–Crippen LogP) is 4.35. The molecule has 1 amide bonds. The van der Waals surface area contributed by atoms with Gasteiger partial charge in [0.25, 0.3) is 0 Å². The zero-order chi connectivity index (χ0) is 19.2. The molecule has 5 heteroatoms. The Labute approximate surface area is 158 Å². The molecule has 0 unspecified atom stereocenters. The Morgan fingerprint density at radius 3 is 2.46 bits per heavy atom. The first-order chi connectivity index (χ1) is 12.3. The summed E-state index contributed by atoms with van der Waals surface area (Å²) in [6.07, 6.45) is 3.91. The molecule has 1 fully saturated rings. The molecule has 0 atom stereocenters. The average molecular weight is 363 g/mol. The van der Waals surface area contributed by atoms with E-state index in [1.54, 1.807) is 4.90 Å². The van der Waals surface area contributed by atoms with Crippen molar-refractivity contribution in [2.75, 3.05) is 13.7 Å². The summed E-state index contributed by atoms with van der Waals surface area (Å²) >= 11 is 0. The maximum atomic E-state index is 12.2. The van der Waals surface area contributed by atoms with E-state index in [1.165, 1.54) is 5.56 Å². The van der Waals surface area contributed by atoms with Crippen LogP contribution in [0.2, 0.25) is 0 Å². The van der Waals surface area contributed by atoms with E-state index in [4.69, 9.17) is 9.47 Å². The van der Waals surface area contributed by atoms with Crippen LogP contribution < -0.4 is 10.1 Å². The highest BCUT2D eigenvalue weighted by atomic mass is 16.6. The highest BCUT2D eigenvalue weighted by Gasteiger charge is 2.29. The fraction of sp³-hybridized carbons (Fsp3) is 0.667. The summed E-state index contributed by atoms with van der Waals surface area (Å²) in [6.45, 7) is 9.21. The van der Waals surface area contributed by atoms with E-state index in [-0.39, 0.29) is 12.1 Å². The Balaban J connectivity index is 1.79. The number of amides is 1. The standard InChI is InChI=1S/C21H34N2O3/c1-6-25-19-10-8-7-9-16(19)15-22-17-11-13-18(14-12-17)23(5)20(24)26-21(2,3)4/h7-10,17-18,22H,6,11-15H2,1-5H3. The molecule has 0 radical (unpaired) electrons. The largest absolute Gasteiger partial charge is 0.494 e. The Hall–Kier alpha value is -1.75. The smallest absolute Gasteiger partial charge is 0.410 e. The Morgan fingerprint density at radius 1 is 1.19 bits per heavy atom. The van der Waals surface area contributed by atoms with Gasteiger partial charge in [-0.25, -0.2) is 4.79 Å². The second kappa shape index (κ2) is 9.26. The van der Waals surface area contributed by atoms with Crippen LogP contribution in [0.1, 0.15) is 58.9 Å².